The Morgan fingerprint density at radius 2 is 1.60 bits per heavy atom. The fraction of sp³-hybridized carbons (Fsp3) is 0.292. The number of nitro benzene ring substituents is 2. The molecule has 1 heterocycles. The minimum atomic E-state index is -1.09. The van der Waals surface area contributed by atoms with Crippen LogP contribution in [0.15, 0.2) is 59.2 Å². The van der Waals surface area contributed by atoms with E-state index in [1.165, 1.54) is 29.3 Å². The Hall–Kier alpha value is -4.41. The second-order valence-corrected chi connectivity index (χ2v) is 8.43. The highest BCUT2D eigenvalue weighted by atomic mass is 16.6. The lowest BCUT2D eigenvalue weighted by Gasteiger charge is -2.29. The summed E-state index contributed by atoms with van der Waals surface area (Å²) in [5, 5.41) is 37.0. The van der Waals surface area contributed by atoms with Crippen molar-refractivity contribution in [2.75, 3.05) is 0 Å². The molecule has 1 aliphatic heterocycles. The van der Waals surface area contributed by atoms with Crippen molar-refractivity contribution in [3.63, 3.8) is 0 Å². The standard InChI is InChI=1S/C24H22N4O7/c29-21(12-13-22(30)31)26-24(16-6-10-19(11-7-16)28(34)35)20-3-1-2-17(23(20)25-26)14-15-4-8-18(9-5-15)27(32)33/h4-11,14,20,24H,1-3,12-13H2,(H,30,31)/b17-14-/t20-,24-/m0/s1. The monoisotopic (exact) mass is 478 g/mol. The Kier molecular flexibility index (Phi) is 6.67. The third-order valence-corrected chi connectivity index (χ3v) is 6.20. The van der Waals surface area contributed by atoms with Crippen LogP contribution in [0.3, 0.4) is 0 Å². The predicted octanol–water partition coefficient (Wildman–Crippen LogP) is 4.49. The first-order valence-corrected chi connectivity index (χ1v) is 11.1. The van der Waals surface area contributed by atoms with Crippen LogP contribution in [-0.2, 0) is 9.59 Å². The highest BCUT2D eigenvalue weighted by molar-refractivity contribution is 6.08. The molecule has 1 saturated carbocycles. The number of fused-ring (bicyclic) bond motifs is 1. The molecular formula is C24H22N4O7. The maximum absolute atomic E-state index is 13.0. The first-order chi connectivity index (χ1) is 16.7. The molecule has 1 aliphatic carbocycles. The molecule has 2 aromatic carbocycles. The Balaban J connectivity index is 1.69. The molecule has 0 bridgehead atoms. The summed E-state index contributed by atoms with van der Waals surface area (Å²) < 4.78 is 0. The van der Waals surface area contributed by atoms with Gasteiger partial charge in [0.1, 0.15) is 0 Å². The van der Waals surface area contributed by atoms with Crippen LogP contribution in [0, 0.1) is 26.1 Å². The van der Waals surface area contributed by atoms with Crippen molar-refractivity contribution < 1.29 is 24.5 Å². The number of allylic oxidation sites excluding steroid dienone is 1. The molecule has 1 N–H and O–H groups in total. The number of carboxylic acids is 1. The molecule has 0 aromatic heterocycles. The van der Waals surface area contributed by atoms with Crippen LogP contribution < -0.4 is 0 Å². The topological polar surface area (TPSA) is 156 Å². The number of hydrogen-bond donors (Lipinski definition) is 1. The van der Waals surface area contributed by atoms with Crippen molar-refractivity contribution in [3.8, 4) is 0 Å². The van der Waals surface area contributed by atoms with Crippen LogP contribution in [0.5, 0.6) is 0 Å². The van der Waals surface area contributed by atoms with Gasteiger partial charge in [-0.1, -0.05) is 12.1 Å². The van der Waals surface area contributed by atoms with Crippen molar-refractivity contribution in [1.29, 1.82) is 0 Å². The quantitative estimate of drug-likeness (QED) is 0.454. The highest BCUT2D eigenvalue weighted by Crippen LogP contribution is 2.45. The van der Waals surface area contributed by atoms with Crippen LogP contribution in [-0.4, -0.2) is 37.6 Å². The van der Waals surface area contributed by atoms with Crippen LogP contribution in [0.1, 0.15) is 49.3 Å². The lowest BCUT2D eigenvalue weighted by atomic mass is 9.77. The van der Waals surface area contributed by atoms with Gasteiger partial charge in [-0.15, -0.1) is 0 Å². The number of hydrazone groups is 1. The first kappa shape index (κ1) is 23.7. The Morgan fingerprint density at radius 1 is 1.00 bits per heavy atom. The van der Waals surface area contributed by atoms with Gasteiger partial charge in [0.15, 0.2) is 0 Å². The molecule has 1 amide bonds. The summed E-state index contributed by atoms with van der Waals surface area (Å²) in [5.41, 5.74) is 2.97. The number of carboxylic acid groups (broad SMARTS) is 1. The van der Waals surface area contributed by atoms with Crippen molar-refractivity contribution in [2.45, 2.75) is 38.1 Å². The average molecular weight is 478 g/mol. The Labute approximate surface area is 199 Å². The molecule has 4 rings (SSSR count). The third kappa shape index (κ3) is 5.08. The molecule has 1 fully saturated rings. The first-order valence-electron chi connectivity index (χ1n) is 11.1. The molecule has 2 aliphatic rings. The number of hydrogen-bond acceptors (Lipinski definition) is 7. The summed E-state index contributed by atoms with van der Waals surface area (Å²) in [5.74, 6) is -1.69. The Morgan fingerprint density at radius 3 is 2.17 bits per heavy atom. The van der Waals surface area contributed by atoms with Gasteiger partial charge >= 0.3 is 5.97 Å². The molecule has 0 saturated heterocycles. The van der Waals surface area contributed by atoms with E-state index < -0.39 is 27.8 Å². The lowest BCUT2D eigenvalue weighted by Crippen LogP contribution is -2.32. The molecule has 180 valence electrons. The van der Waals surface area contributed by atoms with Gasteiger partial charge < -0.3 is 5.11 Å². The second kappa shape index (κ2) is 9.84. The van der Waals surface area contributed by atoms with Crippen LogP contribution in [0.2, 0.25) is 0 Å². The van der Waals surface area contributed by atoms with E-state index in [1.807, 2.05) is 6.08 Å². The maximum Gasteiger partial charge on any atom is 0.303 e. The van der Waals surface area contributed by atoms with E-state index in [0.717, 1.165) is 24.0 Å². The molecule has 0 radical (unpaired) electrons. The number of benzene rings is 2. The second-order valence-electron chi connectivity index (χ2n) is 8.43. The molecule has 35 heavy (non-hydrogen) atoms. The number of carbonyl (C=O) groups excluding carboxylic acids is 1. The van der Waals surface area contributed by atoms with E-state index in [2.05, 4.69) is 5.10 Å². The minimum Gasteiger partial charge on any atom is -0.481 e. The zero-order valence-corrected chi connectivity index (χ0v) is 18.6. The van der Waals surface area contributed by atoms with E-state index >= 15 is 0 Å². The van der Waals surface area contributed by atoms with Crippen molar-refractivity contribution in [2.24, 2.45) is 11.0 Å². The third-order valence-electron chi connectivity index (χ3n) is 6.20. The van der Waals surface area contributed by atoms with E-state index in [-0.39, 0.29) is 30.1 Å². The SMILES string of the molecule is O=C(O)CCC(=O)N1N=C2/C(=C\c3ccc([N+](=O)[O-])cc3)CCC[C@@H]2[C@@H]1c1ccc([N+](=O)[O-])cc1. The minimum absolute atomic E-state index is 0.0136. The Bertz CT molecular complexity index is 1240. The molecule has 11 nitrogen and oxygen atoms in total. The van der Waals surface area contributed by atoms with Crippen LogP contribution in [0.25, 0.3) is 6.08 Å². The molecule has 2 aromatic rings. The van der Waals surface area contributed by atoms with Crippen molar-refractivity contribution in [1.82, 2.24) is 5.01 Å². The summed E-state index contributed by atoms with van der Waals surface area (Å²) >= 11 is 0. The van der Waals surface area contributed by atoms with Gasteiger partial charge in [0.2, 0.25) is 5.91 Å². The smallest absolute Gasteiger partial charge is 0.303 e. The van der Waals surface area contributed by atoms with Gasteiger partial charge in [-0.3, -0.25) is 29.8 Å². The lowest BCUT2D eigenvalue weighted by molar-refractivity contribution is -0.385. The fourth-order valence-corrected chi connectivity index (χ4v) is 4.56. The van der Waals surface area contributed by atoms with E-state index in [9.17, 15) is 29.8 Å². The zero-order chi connectivity index (χ0) is 25.1. The van der Waals surface area contributed by atoms with Gasteiger partial charge in [-0.2, -0.15) is 5.10 Å². The fourth-order valence-electron chi connectivity index (χ4n) is 4.56. The highest BCUT2D eigenvalue weighted by Gasteiger charge is 2.43. The number of aliphatic carboxylic acids is 1. The van der Waals surface area contributed by atoms with Crippen LogP contribution in [0.4, 0.5) is 11.4 Å². The van der Waals surface area contributed by atoms with Crippen molar-refractivity contribution in [3.05, 3.63) is 85.5 Å². The average Bonchev–Trinajstić information content (AvgIpc) is 3.23. The van der Waals surface area contributed by atoms with Gasteiger partial charge in [0.25, 0.3) is 11.4 Å². The summed E-state index contributed by atoms with van der Waals surface area (Å²) in [7, 11) is 0. The number of amides is 1. The van der Waals surface area contributed by atoms with Crippen molar-refractivity contribution >= 4 is 35.0 Å². The van der Waals surface area contributed by atoms with Crippen LogP contribution >= 0.6 is 0 Å². The zero-order valence-electron chi connectivity index (χ0n) is 18.6. The van der Waals surface area contributed by atoms with E-state index in [0.29, 0.717) is 17.7 Å². The normalized spacial score (nSPS) is 20.3. The predicted molar refractivity (Wildman–Crippen MR) is 125 cm³/mol. The summed E-state index contributed by atoms with van der Waals surface area (Å²) in [6.07, 6.45) is 3.61. The summed E-state index contributed by atoms with van der Waals surface area (Å²) in [6.45, 7) is 0. The van der Waals surface area contributed by atoms with E-state index in [4.69, 9.17) is 5.11 Å². The molecule has 11 heteroatoms. The number of nitro groups is 2. The number of nitrogens with zero attached hydrogens (tertiary/aromatic N) is 4. The molecular weight excluding hydrogens is 456 g/mol. The summed E-state index contributed by atoms with van der Waals surface area (Å²) in [6, 6.07) is 11.6. The number of rotatable bonds is 7. The molecule has 0 spiro atoms. The largest absolute Gasteiger partial charge is 0.481 e. The number of non-ortho nitro benzene ring substituents is 2. The molecule has 0 unspecified atom stereocenters. The maximum atomic E-state index is 13.0. The van der Waals surface area contributed by atoms with E-state index in [1.54, 1.807) is 24.3 Å². The van der Waals surface area contributed by atoms with Gasteiger partial charge in [-0.05, 0) is 54.2 Å². The molecule has 2 atom stereocenters. The number of carbonyl (C=O) groups is 2. The van der Waals surface area contributed by atoms with Gasteiger partial charge in [-0.25, -0.2) is 5.01 Å². The summed E-state index contributed by atoms with van der Waals surface area (Å²) in [4.78, 5) is 45.0. The van der Waals surface area contributed by atoms with Gasteiger partial charge in [0.05, 0.1) is 28.0 Å². The van der Waals surface area contributed by atoms with Gasteiger partial charge in [0, 0.05) is 36.6 Å².